The number of rotatable bonds is 1. The van der Waals surface area contributed by atoms with Crippen molar-refractivity contribution in [2.45, 2.75) is 0 Å². The van der Waals surface area contributed by atoms with Gasteiger partial charge in [0.2, 0.25) is 0 Å². The summed E-state index contributed by atoms with van der Waals surface area (Å²) in [6.07, 6.45) is 0.561. The van der Waals surface area contributed by atoms with Gasteiger partial charge in [-0.1, -0.05) is 11.6 Å². The van der Waals surface area contributed by atoms with Crippen LogP contribution in [0.5, 0.6) is 0 Å². The third-order valence-electron chi connectivity index (χ3n) is 1.14. The van der Waals surface area contributed by atoms with Crippen molar-refractivity contribution < 1.29 is 9.18 Å². The molecule has 4 heteroatoms. The zero-order valence-electron chi connectivity index (χ0n) is 5.27. The fourth-order valence-corrected chi connectivity index (χ4v) is 1.17. The topological polar surface area (TPSA) is 17.1 Å². The van der Waals surface area contributed by atoms with E-state index in [-0.39, 0.29) is 10.6 Å². The minimum atomic E-state index is -0.458. The van der Waals surface area contributed by atoms with E-state index in [0.717, 1.165) is 6.07 Å². The van der Waals surface area contributed by atoms with E-state index in [1.165, 1.54) is 6.07 Å². The van der Waals surface area contributed by atoms with E-state index >= 15 is 0 Å². The maximum atomic E-state index is 12.8. The Morgan fingerprint density at radius 1 is 1.55 bits per heavy atom. The molecule has 0 heterocycles. The lowest BCUT2D eigenvalue weighted by Crippen LogP contribution is -1.87. The first-order chi connectivity index (χ1) is 5.15. The third kappa shape index (κ3) is 1.90. The number of carbonyl (C=O) groups excluding carboxylic acids is 1. The smallest absolute Gasteiger partial charge is 0.150 e. The number of carbonyl (C=O) groups is 1. The van der Waals surface area contributed by atoms with Crippen molar-refractivity contribution in [2.24, 2.45) is 0 Å². The highest BCUT2D eigenvalue weighted by Crippen LogP contribution is 2.22. The fraction of sp³-hybridized carbons (Fsp3) is 0. The maximum absolute atomic E-state index is 12.8. The lowest BCUT2D eigenvalue weighted by molar-refractivity contribution is 0.112. The molecule has 0 aliphatic carbocycles. The average Bonchev–Trinajstić information content (AvgIpc) is 1.99. The minimum absolute atomic E-state index is 0.257. The monoisotopic (exact) mass is 284 g/mol. The molecule has 1 aromatic rings. The molecule has 0 N–H and O–H groups in total. The van der Waals surface area contributed by atoms with Gasteiger partial charge < -0.3 is 0 Å². The fourth-order valence-electron chi connectivity index (χ4n) is 0.643. The normalized spacial score (nSPS) is 9.73. The average molecular weight is 284 g/mol. The molecule has 0 aromatic heterocycles. The second-order valence-electron chi connectivity index (χ2n) is 1.92. The van der Waals surface area contributed by atoms with Gasteiger partial charge >= 0.3 is 0 Å². The van der Waals surface area contributed by atoms with Gasteiger partial charge in [-0.2, -0.15) is 0 Å². The van der Waals surface area contributed by atoms with Crippen LogP contribution in [0.1, 0.15) is 10.4 Å². The minimum Gasteiger partial charge on any atom is -0.298 e. The molecule has 1 aromatic carbocycles. The molecule has 0 bridgehead atoms. The highest BCUT2D eigenvalue weighted by Gasteiger charge is 2.05. The van der Waals surface area contributed by atoms with Crippen LogP contribution in [0.2, 0.25) is 5.02 Å². The van der Waals surface area contributed by atoms with Crippen molar-refractivity contribution >= 4 is 40.5 Å². The van der Waals surface area contributed by atoms with E-state index in [2.05, 4.69) is 0 Å². The number of aldehydes is 1. The van der Waals surface area contributed by atoms with Crippen molar-refractivity contribution in [1.82, 2.24) is 0 Å². The van der Waals surface area contributed by atoms with E-state index < -0.39 is 5.82 Å². The van der Waals surface area contributed by atoms with Gasteiger partial charge in [-0.05, 0) is 34.7 Å². The molecular weight excluding hydrogens is 281 g/mol. The highest BCUT2D eigenvalue weighted by atomic mass is 127. The first kappa shape index (κ1) is 8.93. The first-order valence-corrected chi connectivity index (χ1v) is 4.20. The molecule has 0 aliphatic heterocycles. The van der Waals surface area contributed by atoms with E-state index in [4.69, 9.17) is 11.6 Å². The Bertz CT molecular complexity index is 277. The molecular formula is C7H3ClFIO. The van der Waals surface area contributed by atoms with Crippen molar-refractivity contribution in [3.8, 4) is 0 Å². The molecule has 0 unspecified atom stereocenters. The molecule has 58 valence electrons. The zero-order chi connectivity index (χ0) is 8.43. The quantitative estimate of drug-likeness (QED) is 0.440. The molecule has 0 aliphatic rings. The molecule has 0 saturated heterocycles. The van der Waals surface area contributed by atoms with Crippen LogP contribution in [-0.4, -0.2) is 6.29 Å². The Morgan fingerprint density at radius 2 is 2.18 bits per heavy atom. The summed E-state index contributed by atoms with van der Waals surface area (Å²) in [7, 11) is 0. The largest absolute Gasteiger partial charge is 0.298 e. The molecule has 0 atom stereocenters. The molecule has 1 rings (SSSR count). The first-order valence-electron chi connectivity index (χ1n) is 2.75. The van der Waals surface area contributed by atoms with Crippen molar-refractivity contribution in [3.63, 3.8) is 0 Å². The summed E-state index contributed by atoms with van der Waals surface area (Å²) in [4.78, 5) is 10.2. The van der Waals surface area contributed by atoms with Crippen molar-refractivity contribution in [3.05, 3.63) is 32.1 Å². The number of halogens is 3. The molecule has 0 amide bonds. The van der Waals surface area contributed by atoms with Crippen LogP contribution >= 0.6 is 34.2 Å². The second kappa shape index (κ2) is 3.49. The Hall–Kier alpha value is -0.160. The van der Waals surface area contributed by atoms with Gasteiger partial charge in [0, 0.05) is 5.56 Å². The van der Waals surface area contributed by atoms with Crippen LogP contribution in [0.3, 0.4) is 0 Å². The lowest BCUT2D eigenvalue weighted by atomic mass is 10.2. The number of hydrogen-bond donors (Lipinski definition) is 0. The van der Waals surface area contributed by atoms with E-state index in [1.54, 1.807) is 22.6 Å². The molecule has 0 fully saturated rings. The Kier molecular flexibility index (Phi) is 2.84. The van der Waals surface area contributed by atoms with Gasteiger partial charge in [0.25, 0.3) is 0 Å². The van der Waals surface area contributed by atoms with E-state index in [9.17, 15) is 9.18 Å². The highest BCUT2D eigenvalue weighted by molar-refractivity contribution is 14.1. The zero-order valence-corrected chi connectivity index (χ0v) is 8.19. The summed E-state index contributed by atoms with van der Waals surface area (Å²) in [6.45, 7) is 0. The van der Waals surface area contributed by atoms with Crippen LogP contribution in [-0.2, 0) is 0 Å². The molecule has 0 radical (unpaired) electrons. The Morgan fingerprint density at radius 3 is 2.64 bits per heavy atom. The van der Waals surface area contributed by atoms with Crippen LogP contribution in [0.15, 0.2) is 12.1 Å². The number of benzene rings is 1. The van der Waals surface area contributed by atoms with Gasteiger partial charge in [-0.25, -0.2) is 4.39 Å². The van der Waals surface area contributed by atoms with Crippen LogP contribution < -0.4 is 0 Å². The maximum Gasteiger partial charge on any atom is 0.150 e. The van der Waals surface area contributed by atoms with Crippen LogP contribution in [0.4, 0.5) is 4.39 Å². The second-order valence-corrected chi connectivity index (χ2v) is 3.40. The van der Waals surface area contributed by atoms with Gasteiger partial charge in [-0.3, -0.25) is 4.79 Å². The third-order valence-corrected chi connectivity index (χ3v) is 2.86. The van der Waals surface area contributed by atoms with Crippen LogP contribution in [0.25, 0.3) is 0 Å². The number of hydrogen-bond acceptors (Lipinski definition) is 1. The standard InChI is InChI=1S/C7H3ClFIO/c8-5-1-4(3-11)2-6(9)7(5)10/h1-3H. The summed E-state index contributed by atoms with van der Waals surface area (Å²) in [5.41, 5.74) is 0.257. The lowest BCUT2D eigenvalue weighted by Gasteiger charge is -1.97. The summed E-state index contributed by atoms with van der Waals surface area (Å²) < 4.78 is 13.1. The molecule has 1 nitrogen and oxygen atoms in total. The summed E-state index contributed by atoms with van der Waals surface area (Å²) >= 11 is 7.37. The van der Waals surface area contributed by atoms with Gasteiger partial charge in [0.15, 0.2) is 0 Å². The van der Waals surface area contributed by atoms with E-state index in [0.29, 0.717) is 9.86 Å². The summed E-state index contributed by atoms with van der Waals surface area (Å²) in [5.74, 6) is -0.458. The SMILES string of the molecule is O=Cc1cc(F)c(I)c(Cl)c1. The van der Waals surface area contributed by atoms with Crippen LogP contribution in [0, 0.1) is 9.39 Å². The molecule has 11 heavy (non-hydrogen) atoms. The van der Waals surface area contributed by atoms with Gasteiger partial charge in [0.1, 0.15) is 12.1 Å². The van der Waals surface area contributed by atoms with E-state index in [1.807, 2.05) is 0 Å². The van der Waals surface area contributed by atoms with Gasteiger partial charge in [-0.15, -0.1) is 0 Å². The Balaban J connectivity index is 3.31. The van der Waals surface area contributed by atoms with Gasteiger partial charge in [0.05, 0.1) is 8.59 Å². The summed E-state index contributed by atoms with van der Waals surface area (Å²) in [6, 6.07) is 2.58. The molecule has 0 saturated carbocycles. The predicted molar refractivity (Wildman–Crippen MR) is 49.5 cm³/mol. The Labute approximate surface area is 81.7 Å². The van der Waals surface area contributed by atoms with Crippen molar-refractivity contribution in [2.75, 3.05) is 0 Å². The summed E-state index contributed by atoms with van der Waals surface area (Å²) in [5, 5.41) is 0.271. The molecule has 0 spiro atoms. The van der Waals surface area contributed by atoms with Crippen molar-refractivity contribution in [1.29, 1.82) is 0 Å². The predicted octanol–water partition coefficient (Wildman–Crippen LogP) is 2.90.